The molecule has 2 fully saturated rings. The summed E-state index contributed by atoms with van der Waals surface area (Å²) in [5.41, 5.74) is 2.65. The molecule has 0 spiro atoms. The summed E-state index contributed by atoms with van der Waals surface area (Å²) in [5.74, 6) is 1.49. The van der Waals surface area contributed by atoms with Gasteiger partial charge in [0.05, 0.1) is 0 Å². The van der Waals surface area contributed by atoms with Crippen molar-refractivity contribution in [3.63, 3.8) is 0 Å². The van der Waals surface area contributed by atoms with Gasteiger partial charge >= 0.3 is 0 Å². The molecule has 1 aliphatic carbocycles. The first-order valence-corrected chi connectivity index (χ1v) is 8.74. The zero-order valence-corrected chi connectivity index (χ0v) is 14.0. The fourth-order valence-corrected chi connectivity index (χ4v) is 3.38. The molecule has 0 aromatic carbocycles. The molecule has 2 aliphatic rings. The molecule has 2 N–H and O–H groups in total. The second-order valence-electron chi connectivity index (χ2n) is 6.82. The molecule has 4 rings (SSSR count). The highest BCUT2D eigenvalue weighted by molar-refractivity contribution is 5.92. The molecule has 0 radical (unpaired) electrons. The monoisotopic (exact) mass is 325 g/mol. The van der Waals surface area contributed by atoms with Gasteiger partial charge in [-0.3, -0.25) is 9.89 Å². The first-order valence-electron chi connectivity index (χ1n) is 8.74. The van der Waals surface area contributed by atoms with E-state index in [-0.39, 0.29) is 11.9 Å². The molecule has 0 bridgehead atoms. The van der Waals surface area contributed by atoms with E-state index < -0.39 is 0 Å². The standard InChI is InChI=1S/C18H23N5O/c1-12-4-2-6-17(20-12)19-11-14-5-3-9-23(14)18(24)16-10-15(21-22-16)13-7-8-13/h2,4,6,10,13-14H,3,5,7-9,11H2,1H3,(H,19,20)(H,21,22). The van der Waals surface area contributed by atoms with E-state index in [1.54, 1.807) is 0 Å². The van der Waals surface area contributed by atoms with Gasteiger partial charge in [-0.2, -0.15) is 5.10 Å². The molecule has 1 aliphatic heterocycles. The number of anilines is 1. The minimum absolute atomic E-state index is 0.0413. The van der Waals surface area contributed by atoms with Crippen LogP contribution in [0.3, 0.4) is 0 Å². The molecular weight excluding hydrogens is 302 g/mol. The van der Waals surface area contributed by atoms with Gasteiger partial charge in [0.15, 0.2) is 0 Å². The quantitative estimate of drug-likeness (QED) is 0.886. The second kappa shape index (κ2) is 6.26. The normalized spacial score (nSPS) is 20.4. The summed E-state index contributed by atoms with van der Waals surface area (Å²) in [5, 5.41) is 10.6. The summed E-state index contributed by atoms with van der Waals surface area (Å²) in [7, 11) is 0. The number of hydrogen-bond donors (Lipinski definition) is 2. The van der Waals surface area contributed by atoms with Gasteiger partial charge in [-0.15, -0.1) is 0 Å². The molecule has 2 aromatic rings. The van der Waals surface area contributed by atoms with Crippen molar-refractivity contribution in [2.75, 3.05) is 18.4 Å². The fraction of sp³-hybridized carbons (Fsp3) is 0.500. The van der Waals surface area contributed by atoms with E-state index in [1.165, 1.54) is 12.8 Å². The minimum atomic E-state index is 0.0413. The number of pyridine rings is 1. The SMILES string of the molecule is Cc1cccc(NCC2CCCN2C(=O)c2cc(C3CC3)[nH]n2)n1. The molecule has 3 heterocycles. The summed E-state index contributed by atoms with van der Waals surface area (Å²) >= 11 is 0. The molecule has 2 aromatic heterocycles. The van der Waals surface area contributed by atoms with Gasteiger partial charge in [0.2, 0.25) is 0 Å². The Morgan fingerprint density at radius 1 is 1.38 bits per heavy atom. The highest BCUT2D eigenvalue weighted by Crippen LogP contribution is 2.39. The summed E-state index contributed by atoms with van der Waals surface area (Å²) in [6.45, 7) is 3.51. The van der Waals surface area contributed by atoms with Gasteiger partial charge in [-0.25, -0.2) is 4.98 Å². The Kier molecular flexibility index (Phi) is 3.96. The molecule has 1 atom stereocenters. The fourth-order valence-electron chi connectivity index (χ4n) is 3.38. The lowest BCUT2D eigenvalue weighted by Crippen LogP contribution is -2.39. The third kappa shape index (κ3) is 3.13. The van der Waals surface area contributed by atoms with Gasteiger partial charge in [-0.05, 0) is 50.8 Å². The van der Waals surface area contributed by atoms with Crippen LogP contribution in [0, 0.1) is 6.92 Å². The van der Waals surface area contributed by atoms with E-state index >= 15 is 0 Å². The lowest BCUT2D eigenvalue weighted by molar-refractivity contribution is 0.0737. The zero-order chi connectivity index (χ0) is 16.5. The molecule has 1 unspecified atom stereocenters. The minimum Gasteiger partial charge on any atom is -0.368 e. The van der Waals surface area contributed by atoms with Gasteiger partial charge in [0.25, 0.3) is 5.91 Å². The smallest absolute Gasteiger partial charge is 0.274 e. The molecule has 1 saturated heterocycles. The predicted molar refractivity (Wildman–Crippen MR) is 92.1 cm³/mol. The Bertz CT molecular complexity index is 737. The van der Waals surface area contributed by atoms with Crippen LogP contribution < -0.4 is 5.32 Å². The van der Waals surface area contributed by atoms with Crippen molar-refractivity contribution < 1.29 is 4.79 Å². The number of hydrogen-bond acceptors (Lipinski definition) is 4. The highest BCUT2D eigenvalue weighted by Gasteiger charge is 2.32. The second-order valence-corrected chi connectivity index (χ2v) is 6.82. The summed E-state index contributed by atoms with van der Waals surface area (Å²) in [6.07, 6.45) is 4.47. The number of rotatable bonds is 5. The van der Waals surface area contributed by atoms with E-state index in [1.807, 2.05) is 36.1 Å². The zero-order valence-electron chi connectivity index (χ0n) is 14.0. The number of H-pyrrole nitrogens is 1. The Morgan fingerprint density at radius 2 is 2.25 bits per heavy atom. The van der Waals surface area contributed by atoms with Gasteiger partial charge < -0.3 is 10.2 Å². The van der Waals surface area contributed by atoms with Crippen molar-refractivity contribution in [3.05, 3.63) is 41.3 Å². The highest BCUT2D eigenvalue weighted by atomic mass is 16.2. The molecular formula is C18H23N5O. The number of nitrogens with zero attached hydrogens (tertiary/aromatic N) is 3. The van der Waals surface area contributed by atoms with Crippen molar-refractivity contribution in [3.8, 4) is 0 Å². The number of nitrogens with one attached hydrogen (secondary N) is 2. The van der Waals surface area contributed by atoms with Crippen LogP contribution >= 0.6 is 0 Å². The average molecular weight is 325 g/mol. The molecule has 6 nitrogen and oxygen atoms in total. The maximum absolute atomic E-state index is 12.8. The maximum atomic E-state index is 12.8. The lowest BCUT2D eigenvalue weighted by atomic mass is 10.2. The number of aromatic amines is 1. The van der Waals surface area contributed by atoms with Gasteiger partial charge in [-0.1, -0.05) is 6.07 Å². The average Bonchev–Trinajstić information content (AvgIpc) is 3.13. The van der Waals surface area contributed by atoms with Crippen LogP contribution in [0.25, 0.3) is 0 Å². The number of aromatic nitrogens is 3. The number of carbonyl (C=O) groups excluding carboxylic acids is 1. The van der Waals surface area contributed by atoms with Crippen molar-refractivity contribution in [2.24, 2.45) is 0 Å². The first-order chi connectivity index (χ1) is 11.7. The Balaban J connectivity index is 1.40. The summed E-state index contributed by atoms with van der Waals surface area (Å²) in [4.78, 5) is 19.2. The Hall–Kier alpha value is -2.37. The van der Waals surface area contributed by atoms with Crippen LogP contribution in [0.4, 0.5) is 5.82 Å². The topological polar surface area (TPSA) is 73.9 Å². The van der Waals surface area contributed by atoms with Gasteiger partial charge in [0.1, 0.15) is 11.5 Å². The third-order valence-electron chi connectivity index (χ3n) is 4.88. The number of amides is 1. The van der Waals surface area contributed by atoms with Crippen molar-refractivity contribution in [2.45, 2.75) is 44.6 Å². The Morgan fingerprint density at radius 3 is 3.04 bits per heavy atom. The van der Waals surface area contributed by atoms with Crippen LogP contribution in [0.5, 0.6) is 0 Å². The molecule has 6 heteroatoms. The van der Waals surface area contributed by atoms with Crippen LogP contribution in [-0.2, 0) is 0 Å². The maximum Gasteiger partial charge on any atom is 0.274 e. The lowest BCUT2D eigenvalue weighted by Gasteiger charge is -2.24. The van der Waals surface area contributed by atoms with Crippen LogP contribution in [-0.4, -0.2) is 45.1 Å². The summed E-state index contributed by atoms with van der Waals surface area (Å²) in [6, 6.07) is 8.06. The Labute approximate surface area is 141 Å². The van der Waals surface area contributed by atoms with Crippen molar-refractivity contribution in [1.29, 1.82) is 0 Å². The van der Waals surface area contributed by atoms with E-state index in [9.17, 15) is 4.79 Å². The third-order valence-corrected chi connectivity index (χ3v) is 4.88. The van der Waals surface area contributed by atoms with E-state index in [0.717, 1.165) is 43.1 Å². The van der Waals surface area contributed by atoms with E-state index in [4.69, 9.17) is 0 Å². The molecule has 24 heavy (non-hydrogen) atoms. The number of carbonyl (C=O) groups is 1. The van der Waals surface area contributed by atoms with Crippen molar-refractivity contribution >= 4 is 11.7 Å². The largest absolute Gasteiger partial charge is 0.368 e. The number of aryl methyl sites for hydroxylation is 1. The van der Waals surface area contributed by atoms with Crippen LogP contribution in [0.2, 0.25) is 0 Å². The van der Waals surface area contributed by atoms with E-state index in [0.29, 0.717) is 11.6 Å². The molecule has 1 amide bonds. The van der Waals surface area contributed by atoms with Crippen LogP contribution in [0.1, 0.15) is 53.5 Å². The molecule has 126 valence electrons. The first kappa shape index (κ1) is 15.2. The predicted octanol–water partition coefficient (Wildman–Crippen LogP) is 2.71. The van der Waals surface area contributed by atoms with Crippen LogP contribution in [0.15, 0.2) is 24.3 Å². The van der Waals surface area contributed by atoms with Gasteiger partial charge in [0, 0.05) is 36.4 Å². The molecule has 1 saturated carbocycles. The van der Waals surface area contributed by atoms with Crippen molar-refractivity contribution in [1.82, 2.24) is 20.1 Å². The number of likely N-dealkylation sites (tertiary alicyclic amines) is 1. The van der Waals surface area contributed by atoms with E-state index in [2.05, 4.69) is 20.5 Å². The summed E-state index contributed by atoms with van der Waals surface area (Å²) < 4.78 is 0.